The molecule has 0 aliphatic rings. The lowest BCUT2D eigenvalue weighted by molar-refractivity contribution is -0.305. The highest BCUT2D eigenvalue weighted by Gasteiger charge is 2.33. The second-order valence-corrected chi connectivity index (χ2v) is 4.51. The van der Waals surface area contributed by atoms with Gasteiger partial charge in [-0.3, -0.25) is 4.79 Å². The molecular weight excluding hydrogens is 232 g/mol. The number of carbonyl (C=O) groups is 1. The first-order chi connectivity index (χ1) is 8.38. The van der Waals surface area contributed by atoms with Crippen LogP contribution in [0.2, 0.25) is 0 Å². The average molecular weight is 252 g/mol. The minimum atomic E-state index is -1.91. The van der Waals surface area contributed by atoms with Gasteiger partial charge >= 0.3 is 11.9 Å². The van der Waals surface area contributed by atoms with E-state index in [9.17, 15) is 9.90 Å². The maximum atomic E-state index is 11.5. The molecule has 1 atom stereocenters. The third kappa shape index (κ3) is 3.74. The Morgan fingerprint density at radius 2 is 2.00 bits per heavy atom. The Labute approximate surface area is 108 Å². The average Bonchev–Trinajstić information content (AvgIpc) is 2.32. The molecule has 0 aromatic heterocycles. The predicted molar refractivity (Wildman–Crippen MR) is 68.0 cm³/mol. The van der Waals surface area contributed by atoms with Crippen LogP contribution in [0.1, 0.15) is 32.8 Å². The van der Waals surface area contributed by atoms with Crippen molar-refractivity contribution in [1.82, 2.24) is 0 Å². The van der Waals surface area contributed by atoms with Gasteiger partial charge in [-0.15, -0.1) is 0 Å². The van der Waals surface area contributed by atoms with Gasteiger partial charge in [0, 0.05) is 0 Å². The summed E-state index contributed by atoms with van der Waals surface area (Å²) in [6.07, 6.45) is 0.153. The monoisotopic (exact) mass is 252 g/mol. The Balaban J connectivity index is 2.83. The Bertz CT molecular complexity index is 414. The predicted octanol–water partition coefficient (Wildman–Crippen LogP) is 2.63. The summed E-state index contributed by atoms with van der Waals surface area (Å²) < 4.78 is 10.4. The molecule has 1 unspecified atom stereocenters. The molecule has 0 radical (unpaired) electrons. The van der Waals surface area contributed by atoms with E-state index < -0.39 is 11.9 Å². The van der Waals surface area contributed by atoms with Crippen molar-refractivity contribution in [2.75, 3.05) is 0 Å². The van der Waals surface area contributed by atoms with Gasteiger partial charge in [0.15, 0.2) is 0 Å². The van der Waals surface area contributed by atoms with Crippen molar-refractivity contribution in [2.24, 2.45) is 5.92 Å². The van der Waals surface area contributed by atoms with Crippen molar-refractivity contribution >= 4 is 5.97 Å². The number of rotatable bonds is 5. The van der Waals surface area contributed by atoms with Crippen molar-refractivity contribution < 1.29 is 19.4 Å². The fourth-order valence-electron chi connectivity index (χ4n) is 1.28. The van der Waals surface area contributed by atoms with Crippen LogP contribution >= 0.6 is 0 Å². The van der Waals surface area contributed by atoms with Crippen molar-refractivity contribution in [3.8, 4) is 5.75 Å². The minimum Gasteiger partial charge on any atom is -0.430 e. The first kappa shape index (κ1) is 14.5. The molecule has 18 heavy (non-hydrogen) atoms. The zero-order valence-electron chi connectivity index (χ0n) is 11.3. The van der Waals surface area contributed by atoms with Crippen LogP contribution in [0.25, 0.3) is 0 Å². The molecule has 100 valence electrons. The molecule has 1 N–H and O–H groups in total. The normalized spacial score (nSPS) is 14.1. The molecule has 0 fully saturated rings. The lowest BCUT2D eigenvalue weighted by atomic mass is 10.2. The number of esters is 1. The number of benzene rings is 1. The number of aryl methyl sites for hydroxylation is 1. The number of hydrogen-bond donors (Lipinski definition) is 1. The smallest absolute Gasteiger partial charge is 0.370 e. The Hall–Kier alpha value is -1.55. The second kappa shape index (κ2) is 5.87. The molecule has 0 aliphatic heterocycles. The van der Waals surface area contributed by atoms with Crippen LogP contribution in [0.3, 0.4) is 0 Å². The molecule has 0 amide bonds. The van der Waals surface area contributed by atoms with Gasteiger partial charge in [-0.05, 0) is 18.6 Å². The molecule has 0 bridgehead atoms. The van der Waals surface area contributed by atoms with E-state index in [1.807, 2.05) is 19.1 Å². The lowest BCUT2D eigenvalue weighted by Gasteiger charge is -2.28. The van der Waals surface area contributed by atoms with Crippen LogP contribution < -0.4 is 4.74 Å². The van der Waals surface area contributed by atoms with Crippen LogP contribution in [0, 0.1) is 12.8 Å². The van der Waals surface area contributed by atoms with Crippen molar-refractivity contribution in [3.63, 3.8) is 0 Å². The lowest BCUT2D eigenvalue weighted by Crippen LogP contribution is -2.41. The molecular formula is C14H20O4. The summed E-state index contributed by atoms with van der Waals surface area (Å²) in [5.74, 6) is -2.22. The maximum Gasteiger partial charge on any atom is 0.370 e. The third-order valence-electron chi connectivity index (χ3n) is 2.54. The van der Waals surface area contributed by atoms with Gasteiger partial charge in [-0.25, -0.2) is 0 Å². The summed E-state index contributed by atoms with van der Waals surface area (Å²) >= 11 is 0. The fraction of sp³-hybridized carbons (Fsp3) is 0.500. The van der Waals surface area contributed by atoms with Crippen LogP contribution in [-0.4, -0.2) is 17.0 Å². The molecule has 1 rings (SSSR count). The highest BCUT2D eigenvalue weighted by molar-refractivity contribution is 5.71. The maximum absolute atomic E-state index is 11.5. The summed E-state index contributed by atoms with van der Waals surface area (Å²) in [5.41, 5.74) is 0.866. The van der Waals surface area contributed by atoms with E-state index in [0.717, 1.165) is 5.56 Å². The van der Waals surface area contributed by atoms with Crippen molar-refractivity contribution in [2.45, 2.75) is 40.1 Å². The highest BCUT2D eigenvalue weighted by Crippen LogP contribution is 2.24. The summed E-state index contributed by atoms with van der Waals surface area (Å²) in [5, 5.41) is 10.2. The van der Waals surface area contributed by atoms with Crippen LogP contribution in [-0.2, 0) is 9.53 Å². The van der Waals surface area contributed by atoms with E-state index in [2.05, 4.69) is 0 Å². The standard InChI is InChI=1S/C14H20O4/c1-5-14(16,18-13(15)10(2)3)17-12-9-7-6-8-11(12)4/h6-10,16H,5H2,1-4H3. The molecule has 0 aliphatic carbocycles. The SMILES string of the molecule is CCC(O)(OC(=O)C(C)C)Oc1ccccc1C. The number of aliphatic hydroxyl groups is 1. The zero-order valence-corrected chi connectivity index (χ0v) is 11.3. The molecule has 0 heterocycles. The molecule has 4 nitrogen and oxygen atoms in total. The van der Waals surface area contributed by atoms with Gasteiger partial charge in [0.05, 0.1) is 12.3 Å². The minimum absolute atomic E-state index is 0.153. The molecule has 4 heteroatoms. The highest BCUT2D eigenvalue weighted by atomic mass is 16.8. The first-order valence-electron chi connectivity index (χ1n) is 6.08. The molecule has 0 spiro atoms. The summed E-state index contributed by atoms with van der Waals surface area (Å²) in [6.45, 7) is 6.94. The van der Waals surface area contributed by atoms with Gasteiger partial charge in [0.1, 0.15) is 5.75 Å². The third-order valence-corrected chi connectivity index (χ3v) is 2.54. The topological polar surface area (TPSA) is 55.8 Å². The van der Waals surface area contributed by atoms with E-state index in [0.29, 0.717) is 5.75 Å². The summed E-state index contributed by atoms with van der Waals surface area (Å²) in [7, 11) is 0. The first-order valence-corrected chi connectivity index (χ1v) is 6.08. The van der Waals surface area contributed by atoms with Gasteiger partial charge in [-0.1, -0.05) is 39.0 Å². The molecule has 0 saturated heterocycles. The Kier molecular flexibility index (Phi) is 4.73. The van der Waals surface area contributed by atoms with Crippen molar-refractivity contribution in [1.29, 1.82) is 0 Å². The molecule has 0 saturated carbocycles. The second-order valence-electron chi connectivity index (χ2n) is 4.51. The number of para-hydroxylation sites is 1. The quantitative estimate of drug-likeness (QED) is 0.646. The van der Waals surface area contributed by atoms with Gasteiger partial charge in [-0.2, -0.15) is 0 Å². The fourth-order valence-corrected chi connectivity index (χ4v) is 1.28. The van der Waals surface area contributed by atoms with E-state index in [1.54, 1.807) is 32.9 Å². The van der Waals surface area contributed by atoms with Gasteiger partial charge in [0.2, 0.25) is 0 Å². The van der Waals surface area contributed by atoms with E-state index in [-0.39, 0.29) is 12.3 Å². The van der Waals surface area contributed by atoms with Crippen molar-refractivity contribution in [3.05, 3.63) is 29.8 Å². The van der Waals surface area contributed by atoms with Gasteiger partial charge < -0.3 is 14.6 Å². The van der Waals surface area contributed by atoms with Crippen LogP contribution in [0.4, 0.5) is 0 Å². The summed E-state index contributed by atoms with van der Waals surface area (Å²) in [4.78, 5) is 11.5. The number of hydrogen-bond acceptors (Lipinski definition) is 4. The Morgan fingerprint density at radius 1 is 1.39 bits per heavy atom. The van der Waals surface area contributed by atoms with E-state index >= 15 is 0 Å². The zero-order chi connectivity index (χ0) is 13.8. The number of carbonyl (C=O) groups excluding carboxylic acids is 1. The number of ether oxygens (including phenoxy) is 2. The molecule has 1 aromatic rings. The van der Waals surface area contributed by atoms with Gasteiger partial charge in [0.25, 0.3) is 0 Å². The van der Waals surface area contributed by atoms with E-state index in [4.69, 9.17) is 9.47 Å². The van der Waals surface area contributed by atoms with Crippen LogP contribution in [0.15, 0.2) is 24.3 Å². The Morgan fingerprint density at radius 3 is 2.50 bits per heavy atom. The summed E-state index contributed by atoms with van der Waals surface area (Å²) in [6, 6.07) is 7.24. The largest absolute Gasteiger partial charge is 0.430 e. The molecule has 1 aromatic carbocycles. The van der Waals surface area contributed by atoms with Crippen LogP contribution in [0.5, 0.6) is 5.75 Å². The van der Waals surface area contributed by atoms with E-state index in [1.165, 1.54) is 0 Å².